The fourth-order valence-electron chi connectivity index (χ4n) is 2.92. The first-order valence-corrected chi connectivity index (χ1v) is 8.91. The molecule has 1 N–H and O–H groups in total. The van der Waals surface area contributed by atoms with Crippen molar-refractivity contribution in [2.24, 2.45) is 0 Å². The molecule has 0 radical (unpaired) electrons. The van der Waals surface area contributed by atoms with Gasteiger partial charge in [0.2, 0.25) is 0 Å². The highest BCUT2D eigenvalue weighted by Crippen LogP contribution is 2.14. The number of nitrogens with zero attached hydrogens (tertiary/aromatic N) is 2. The fourth-order valence-corrected chi connectivity index (χ4v) is 2.92. The Morgan fingerprint density at radius 1 is 1.13 bits per heavy atom. The van der Waals surface area contributed by atoms with Gasteiger partial charge < -0.3 is 5.32 Å². The number of aromatic nitrogens is 2. The Labute approximate surface area is 138 Å². The molecule has 0 spiro atoms. The number of fused-ring (bicyclic) bond motifs is 1. The molecule has 0 fully saturated rings. The first kappa shape index (κ1) is 17.7. The van der Waals surface area contributed by atoms with Crippen molar-refractivity contribution >= 4 is 10.9 Å². The molecule has 0 amide bonds. The summed E-state index contributed by atoms with van der Waals surface area (Å²) in [6.45, 7) is 8.10. The van der Waals surface area contributed by atoms with Crippen LogP contribution in [0.5, 0.6) is 0 Å². The van der Waals surface area contributed by atoms with Crippen LogP contribution in [0.25, 0.3) is 10.9 Å². The van der Waals surface area contributed by atoms with Crippen molar-refractivity contribution in [1.29, 1.82) is 0 Å². The van der Waals surface area contributed by atoms with Gasteiger partial charge in [0.15, 0.2) is 0 Å². The molecule has 0 saturated carbocycles. The number of unbranched alkanes of at least 4 members (excludes halogenated alkanes) is 3. The third-order valence-electron chi connectivity index (χ3n) is 4.21. The number of nitrogens with one attached hydrogen (secondary N) is 1. The maximum atomic E-state index is 12.8. The van der Waals surface area contributed by atoms with E-state index >= 15 is 0 Å². The molecule has 1 unspecified atom stereocenters. The van der Waals surface area contributed by atoms with Gasteiger partial charge >= 0.3 is 0 Å². The highest BCUT2D eigenvalue weighted by atomic mass is 16.1. The topological polar surface area (TPSA) is 46.9 Å². The van der Waals surface area contributed by atoms with Crippen LogP contribution in [0.15, 0.2) is 29.1 Å². The van der Waals surface area contributed by atoms with Gasteiger partial charge in [-0.15, -0.1) is 0 Å². The minimum absolute atomic E-state index is 0.0760. The van der Waals surface area contributed by atoms with Crippen LogP contribution in [0.4, 0.5) is 0 Å². The van der Waals surface area contributed by atoms with Crippen molar-refractivity contribution in [2.45, 2.75) is 65.5 Å². The number of hydrogen-bond acceptors (Lipinski definition) is 3. The molecule has 4 heteroatoms. The van der Waals surface area contributed by atoms with Gasteiger partial charge in [-0.3, -0.25) is 9.36 Å². The molecular formula is C19H29N3O. The summed E-state index contributed by atoms with van der Waals surface area (Å²) in [5.41, 5.74) is 0.867. The van der Waals surface area contributed by atoms with Gasteiger partial charge in [0.25, 0.3) is 5.56 Å². The molecule has 0 aliphatic carbocycles. The number of benzene rings is 1. The van der Waals surface area contributed by atoms with Gasteiger partial charge in [0, 0.05) is 6.54 Å². The molecule has 2 rings (SSSR count). The molecule has 0 aliphatic heterocycles. The van der Waals surface area contributed by atoms with Crippen molar-refractivity contribution in [3.8, 4) is 0 Å². The second-order valence-corrected chi connectivity index (χ2v) is 6.18. The molecule has 23 heavy (non-hydrogen) atoms. The molecule has 1 heterocycles. The average Bonchev–Trinajstić information content (AvgIpc) is 2.57. The quantitative estimate of drug-likeness (QED) is 0.710. The van der Waals surface area contributed by atoms with Gasteiger partial charge in [-0.2, -0.15) is 0 Å². The fraction of sp³-hybridized carbons (Fsp3) is 0.579. The Kier molecular flexibility index (Phi) is 6.78. The minimum atomic E-state index is 0.0760. The Morgan fingerprint density at radius 3 is 2.65 bits per heavy atom. The van der Waals surface area contributed by atoms with Crippen LogP contribution >= 0.6 is 0 Å². The molecule has 1 aromatic heterocycles. The van der Waals surface area contributed by atoms with E-state index in [2.05, 4.69) is 26.1 Å². The Morgan fingerprint density at radius 2 is 1.91 bits per heavy atom. The third-order valence-corrected chi connectivity index (χ3v) is 4.21. The summed E-state index contributed by atoms with van der Waals surface area (Å²) < 4.78 is 1.84. The van der Waals surface area contributed by atoms with Crippen LogP contribution in [-0.2, 0) is 6.54 Å². The van der Waals surface area contributed by atoms with Gasteiger partial charge in [0.05, 0.1) is 16.9 Å². The van der Waals surface area contributed by atoms with Gasteiger partial charge in [-0.25, -0.2) is 4.98 Å². The molecule has 4 nitrogen and oxygen atoms in total. The van der Waals surface area contributed by atoms with Gasteiger partial charge in [-0.05, 0) is 38.4 Å². The highest BCUT2D eigenvalue weighted by Gasteiger charge is 2.15. The second-order valence-electron chi connectivity index (χ2n) is 6.18. The normalized spacial score (nSPS) is 12.7. The SMILES string of the molecule is CCCCCCNC(C)c1nc2ccccc2c(=O)n1CCC. The molecular weight excluding hydrogens is 286 g/mol. The van der Waals surface area contributed by atoms with Crippen molar-refractivity contribution < 1.29 is 0 Å². The number of para-hydroxylation sites is 1. The van der Waals surface area contributed by atoms with E-state index in [1.807, 2.05) is 28.8 Å². The summed E-state index contributed by atoms with van der Waals surface area (Å²) in [5.74, 6) is 0.853. The lowest BCUT2D eigenvalue weighted by Gasteiger charge is -2.19. The van der Waals surface area contributed by atoms with E-state index in [1.54, 1.807) is 0 Å². The van der Waals surface area contributed by atoms with E-state index in [0.717, 1.165) is 24.3 Å². The van der Waals surface area contributed by atoms with E-state index in [0.29, 0.717) is 11.9 Å². The summed E-state index contributed by atoms with van der Waals surface area (Å²) in [4.78, 5) is 17.5. The molecule has 0 saturated heterocycles. The van der Waals surface area contributed by atoms with Crippen LogP contribution in [0.3, 0.4) is 0 Å². The van der Waals surface area contributed by atoms with Gasteiger partial charge in [-0.1, -0.05) is 45.2 Å². The predicted molar refractivity (Wildman–Crippen MR) is 96.9 cm³/mol. The molecule has 0 aliphatic rings. The number of rotatable bonds is 9. The number of hydrogen-bond donors (Lipinski definition) is 1. The van der Waals surface area contributed by atoms with E-state index in [9.17, 15) is 4.79 Å². The van der Waals surface area contributed by atoms with Crippen LogP contribution in [-0.4, -0.2) is 16.1 Å². The Bertz CT molecular complexity index is 678. The summed E-state index contributed by atoms with van der Waals surface area (Å²) >= 11 is 0. The zero-order valence-electron chi connectivity index (χ0n) is 14.6. The largest absolute Gasteiger partial charge is 0.308 e. The van der Waals surface area contributed by atoms with Gasteiger partial charge in [0.1, 0.15) is 5.82 Å². The first-order chi connectivity index (χ1) is 11.2. The predicted octanol–water partition coefficient (Wildman–Crippen LogP) is 4.04. The zero-order chi connectivity index (χ0) is 16.7. The lowest BCUT2D eigenvalue weighted by Crippen LogP contribution is -2.31. The standard InChI is InChI=1S/C19H29N3O/c1-4-6-7-10-13-20-15(3)18-21-17-12-9-8-11-16(17)19(23)22(18)14-5-2/h8-9,11-12,15,20H,4-7,10,13-14H2,1-3H3. The van der Waals surface area contributed by atoms with Crippen LogP contribution in [0.1, 0.15) is 64.7 Å². The van der Waals surface area contributed by atoms with E-state index in [4.69, 9.17) is 4.98 Å². The second kappa shape index (κ2) is 8.82. The Balaban J connectivity index is 2.23. The lowest BCUT2D eigenvalue weighted by atomic mass is 10.2. The first-order valence-electron chi connectivity index (χ1n) is 8.91. The molecule has 2 aromatic rings. The third kappa shape index (κ3) is 4.41. The highest BCUT2D eigenvalue weighted by molar-refractivity contribution is 5.77. The maximum absolute atomic E-state index is 12.8. The average molecular weight is 315 g/mol. The smallest absolute Gasteiger partial charge is 0.261 e. The summed E-state index contributed by atoms with van der Waals surface area (Å²) in [7, 11) is 0. The van der Waals surface area contributed by atoms with E-state index < -0.39 is 0 Å². The van der Waals surface area contributed by atoms with Crippen LogP contribution < -0.4 is 10.9 Å². The lowest BCUT2D eigenvalue weighted by molar-refractivity contribution is 0.481. The Hall–Kier alpha value is -1.68. The minimum Gasteiger partial charge on any atom is -0.308 e. The molecule has 0 bridgehead atoms. The van der Waals surface area contributed by atoms with Crippen molar-refractivity contribution in [3.63, 3.8) is 0 Å². The van der Waals surface area contributed by atoms with Crippen molar-refractivity contribution in [1.82, 2.24) is 14.9 Å². The summed E-state index contributed by atoms with van der Waals surface area (Å²) in [6, 6.07) is 7.71. The van der Waals surface area contributed by atoms with E-state index in [1.165, 1.54) is 25.7 Å². The molecule has 1 aromatic carbocycles. The molecule has 126 valence electrons. The summed E-state index contributed by atoms with van der Waals surface area (Å²) in [6.07, 6.45) is 5.88. The maximum Gasteiger partial charge on any atom is 0.261 e. The van der Waals surface area contributed by atoms with Crippen LogP contribution in [0, 0.1) is 0 Å². The summed E-state index contributed by atoms with van der Waals surface area (Å²) in [5, 5.41) is 4.23. The van der Waals surface area contributed by atoms with Crippen LogP contribution in [0.2, 0.25) is 0 Å². The van der Waals surface area contributed by atoms with E-state index in [-0.39, 0.29) is 11.6 Å². The zero-order valence-corrected chi connectivity index (χ0v) is 14.6. The van der Waals surface area contributed by atoms with Crippen molar-refractivity contribution in [2.75, 3.05) is 6.54 Å². The molecule has 1 atom stereocenters. The monoisotopic (exact) mass is 315 g/mol. The van der Waals surface area contributed by atoms with Crippen molar-refractivity contribution in [3.05, 3.63) is 40.4 Å².